The van der Waals surface area contributed by atoms with Crippen LogP contribution in [0.2, 0.25) is 0 Å². The summed E-state index contributed by atoms with van der Waals surface area (Å²) in [4.78, 5) is 0. The quantitative estimate of drug-likeness (QED) is 0.758. The van der Waals surface area contributed by atoms with E-state index in [0.717, 1.165) is 30.1 Å². The molecule has 0 spiro atoms. The molecule has 2 aromatic carbocycles. The molecule has 1 saturated heterocycles. The standard InChI is InChI=1S/C22H25O2P/c1-20-16-24-22(15-17(20)13-14-21(20,22)2)25(23,18-9-5-3-6-10-18)19-11-7-4-8-12-19/h3-12,17H,13-16H2,1-2H3/t17-,20-,21+,22+/m0/s1. The van der Waals surface area contributed by atoms with Crippen molar-refractivity contribution < 1.29 is 9.30 Å². The molecule has 130 valence electrons. The van der Waals surface area contributed by atoms with E-state index in [-0.39, 0.29) is 10.8 Å². The zero-order valence-electron chi connectivity index (χ0n) is 14.9. The third-order valence-corrected chi connectivity index (χ3v) is 11.8. The number of hydrogen-bond acceptors (Lipinski definition) is 2. The van der Waals surface area contributed by atoms with Crippen LogP contribution < -0.4 is 10.6 Å². The average Bonchev–Trinajstić information content (AvgIpc) is 3.14. The molecule has 0 N–H and O–H groups in total. The van der Waals surface area contributed by atoms with E-state index in [2.05, 4.69) is 13.8 Å². The molecule has 5 rings (SSSR count). The molecule has 2 saturated carbocycles. The Kier molecular flexibility index (Phi) is 3.09. The molecule has 0 unspecified atom stereocenters. The zero-order valence-corrected chi connectivity index (χ0v) is 15.8. The highest BCUT2D eigenvalue weighted by Gasteiger charge is 2.80. The van der Waals surface area contributed by atoms with E-state index in [1.165, 1.54) is 6.42 Å². The summed E-state index contributed by atoms with van der Waals surface area (Å²) < 4.78 is 21.6. The van der Waals surface area contributed by atoms with Gasteiger partial charge >= 0.3 is 0 Å². The van der Waals surface area contributed by atoms with Crippen molar-refractivity contribution in [1.29, 1.82) is 0 Å². The molecule has 4 atom stereocenters. The van der Waals surface area contributed by atoms with E-state index in [9.17, 15) is 0 Å². The lowest BCUT2D eigenvalue weighted by molar-refractivity contribution is -0.0223. The molecule has 4 bridgehead atoms. The molecule has 1 heterocycles. The molecule has 25 heavy (non-hydrogen) atoms. The fourth-order valence-corrected chi connectivity index (χ4v) is 10.3. The number of benzene rings is 2. The minimum atomic E-state index is -2.93. The van der Waals surface area contributed by atoms with Gasteiger partial charge < -0.3 is 9.30 Å². The maximum atomic E-state index is 15.0. The fourth-order valence-electron chi connectivity index (χ4n) is 6.22. The van der Waals surface area contributed by atoms with Crippen molar-refractivity contribution in [3.8, 4) is 0 Å². The van der Waals surface area contributed by atoms with Gasteiger partial charge in [0.15, 0.2) is 7.14 Å². The van der Waals surface area contributed by atoms with Crippen molar-refractivity contribution in [3.05, 3.63) is 60.7 Å². The summed E-state index contributed by atoms with van der Waals surface area (Å²) in [6, 6.07) is 20.2. The van der Waals surface area contributed by atoms with Gasteiger partial charge in [0.1, 0.15) is 5.34 Å². The first kappa shape index (κ1) is 15.9. The van der Waals surface area contributed by atoms with Gasteiger partial charge in [-0.25, -0.2) is 0 Å². The molecule has 0 aromatic heterocycles. The SMILES string of the molecule is C[C@]12CC[C@H]3C[C@]1(P(=O)(c1ccccc1)c1ccccc1)OC[C@@]32C. The fraction of sp³-hybridized carbons (Fsp3) is 0.455. The first-order valence-electron chi connectivity index (χ1n) is 9.33. The first-order chi connectivity index (χ1) is 12.0. The van der Waals surface area contributed by atoms with Crippen LogP contribution in [-0.4, -0.2) is 11.9 Å². The Morgan fingerprint density at radius 2 is 1.52 bits per heavy atom. The lowest BCUT2D eigenvalue weighted by Gasteiger charge is -2.47. The van der Waals surface area contributed by atoms with Crippen molar-refractivity contribution in [2.75, 3.05) is 6.61 Å². The zero-order chi connectivity index (χ0) is 17.3. The topological polar surface area (TPSA) is 26.3 Å². The third-order valence-electron chi connectivity index (χ3n) is 7.90. The maximum Gasteiger partial charge on any atom is 0.174 e. The van der Waals surface area contributed by atoms with Crippen molar-refractivity contribution >= 4 is 17.8 Å². The highest BCUT2D eigenvalue weighted by molar-refractivity contribution is 7.80. The van der Waals surface area contributed by atoms with Gasteiger partial charge in [0.05, 0.1) is 6.61 Å². The van der Waals surface area contributed by atoms with Crippen LogP contribution in [0.4, 0.5) is 0 Å². The van der Waals surface area contributed by atoms with E-state index >= 15 is 4.57 Å². The Morgan fingerprint density at radius 1 is 0.960 bits per heavy atom. The molecule has 0 amide bonds. The minimum absolute atomic E-state index is 0.0219. The second-order valence-electron chi connectivity index (χ2n) is 8.54. The summed E-state index contributed by atoms with van der Waals surface area (Å²) in [6.07, 6.45) is 3.31. The molecule has 3 fully saturated rings. The van der Waals surface area contributed by atoms with Gasteiger partial charge in [-0.2, -0.15) is 0 Å². The van der Waals surface area contributed by atoms with Gasteiger partial charge in [0.25, 0.3) is 0 Å². The van der Waals surface area contributed by atoms with Gasteiger partial charge in [-0.15, -0.1) is 0 Å². The molecule has 1 aliphatic heterocycles. The monoisotopic (exact) mass is 352 g/mol. The van der Waals surface area contributed by atoms with Crippen molar-refractivity contribution in [1.82, 2.24) is 0 Å². The Labute approximate surface area is 150 Å². The van der Waals surface area contributed by atoms with Gasteiger partial charge in [-0.1, -0.05) is 74.5 Å². The van der Waals surface area contributed by atoms with E-state index in [1.807, 2.05) is 60.7 Å². The summed E-state index contributed by atoms with van der Waals surface area (Å²) >= 11 is 0. The molecule has 2 aromatic rings. The summed E-state index contributed by atoms with van der Waals surface area (Å²) in [7, 11) is -2.93. The van der Waals surface area contributed by atoms with Crippen LogP contribution in [0.5, 0.6) is 0 Å². The second kappa shape index (κ2) is 4.87. The van der Waals surface area contributed by atoms with Crippen LogP contribution in [0.1, 0.15) is 33.1 Å². The molecule has 0 radical (unpaired) electrons. The van der Waals surface area contributed by atoms with Crippen LogP contribution >= 0.6 is 7.14 Å². The van der Waals surface area contributed by atoms with Gasteiger partial charge in [-0.05, 0) is 25.2 Å². The predicted octanol–water partition coefficient (Wildman–Crippen LogP) is 4.55. The average molecular weight is 352 g/mol. The molecule has 2 aliphatic carbocycles. The second-order valence-corrected chi connectivity index (χ2v) is 11.5. The lowest BCUT2D eigenvalue weighted by atomic mass is 9.71. The number of hydrogen-bond donors (Lipinski definition) is 0. The van der Waals surface area contributed by atoms with Crippen LogP contribution in [-0.2, 0) is 9.30 Å². The van der Waals surface area contributed by atoms with Crippen LogP contribution in [0, 0.1) is 16.7 Å². The summed E-state index contributed by atoms with van der Waals surface area (Å²) in [6.45, 7) is 5.48. The van der Waals surface area contributed by atoms with E-state index in [1.54, 1.807) is 0 Å². The molecule has 3 aliphatic rings. The Balaban J connectivity index is 1.81. The molecular weight excluding hydrogens is 327 g/mol. The summed E-state index contributed by atoms with van der Waals surface area (Å²) in [5.74, 6) is 0.631. The smallest absolute Gasteiger partial charge is 0.174 e. The van der Waals surface area contributed by atoms with Gasteiger partial charge in [0, 0.05) is 21.4 Å². The third kappa shape index (κ3) is 1.60. The first-order valence-corrected chi connectivity index (χ1v) is 11.0. The number of ether oxygens (including phenoxy) is 1. The van der Waals surface area contributed by atoms with Crippen molar-refractivity contribution in [3.63, 3.8) is 0 Å². The Morgan fingerprint density at radius 3 is 2.00 bits per heavy atom. The summed E-state index contributed by atoms with van der Waals surface area (Å²) in [5, 5.41) is 1.33. The molecule has 3 heteroatoms. The number of rotatable bonds is 3. The van der Waals surface area contributed by atoms with E-state index in [0.29, 0.717) is 5.92 Å². The van der Waals surface area contributed by atoms with Crippen molar-refractivity contribution in [2.45, 2.75) is 38.5 Å². The minimum Gasteiger partial charge on any atom is -0.365 e. The maximum absolute atomic E-state index is 15.0. The van der Waals surface area contributed by atoms with Crippen LogP contribution in [0.15, 0.2) is 60.7 Å². The Hall–Kier alpha value is -1.37. The highest BCUT2D eigenvalue weighted by atomic mass is 31.2. The molecular formula is C22H25O2P. The van der Waals surface area contributed by atoms with Crippen molar-refractivity contribution in [2.24, 2.45) is 16.7 Å². The van der Waals surface area contributed by atoms with Crippen LogP contribution in [0.3, 0.4) is 0 Å². The normalized spacial score (nSPS) is 39.0. The van der Waals surface area contributed by atoms with E-state index in [4.69, 9.17) is 4.74 Å². The predicted molar refractivity (Wildman–Crippen MR) is 102 cm³/mol. The largest absolute Gasteiger partial charge is 0.365 e. The summed E-state index contributed by atoms with van der Waals surface area (Å²) in [5.41, 5.74) is 0.137. The van der Waals surface area contributed by atoms with E-state index < -0.39 is 12.5 Å². The molecule has 2 nitrogen and oxygen atoms in total. The highest BCUT2D eigenvalue weighted by Crippen LogP contribution is 2.84. The van der Waals surface area contributed by atoms with Gasteiger partial charge in [-0.3, -0.25) is 0 Å². The Bertz CT molecular complexity index is 821. The van der Waals surface area contributed by atoms with Crippen LogP contribution in [0.25, 0.3) is 0 Å². The lowest BCUT2D eigenvalue weighted by Crippen LogP contribution is -2.48. The van der Waals surface area contributed by atoms with Gasteiger partial charge in [0.2, 0.25) is 0 Å².